The fourth-order valence-corrected chi connectivity index (χ4v) is 3.60. The lowest BCUT2D eigenvalue weighted by Gasteiger charge is -2.15. The molecule has 6 heteroatoms. The number of hydrogen-bond donors (Lipinski definition) is 2. The third-order valence-corrected chi connectivity index (χ3v) is 5.37. The van der Waals surface area contributed by atoms with Gasteiger partial charge in [-0.25, -0.2) is 4.39 Å². The van der Waals surface area contributed by atoms with Gasteiger partial charge >= 0.3 is 6.05 Å². The number of rotatable bonds is 7. The zero-order valence-corrected chi connectivity index (χ0v) is 16.4. The van der Waals surface area contributed by atoms with Gasteiger partial charge in [-0.1, -0.05) is 12.1 Å². The molecule has 3 nitrogen and oxygen atoms in total. The zero-order chi connectivity index (χ0) is 20.5. The van der Waals surface area contributed by atoms with Crippen LogP contribution in [0.5, 0.6) is 0 Å². The topological polar surface area (TPSA) is 43.0 Å². The van der Waals surface area contributed by atoms with E-state index in [-0.39, 0.29) is 11.4 Å². The van der Waals surface area contributed by atoms with Crippen LogP contribution in [0, 0.1) is 12.7 Å². The van der Waals surface area contributed by atoms with Crippen LogP contribution in [-0.4, -0.2) is 17.7 Å². The molecule has 1 atom stereocenters. The smallest absolute Gasteiger partial charge is 0.326 e. The Hall–Kier alpha value is -2.31. The summed E-state index contributed by atoms with van der Waals surface area (Å²) in [5.41, 5.74) is 8.51. The Kier molecular flexibility index (Phi) is 5.82. The Morgan fingerprint density at radius 3 is 2.57 bits per heavy atom. The highest BCUT2D eigenvalue weighted by atomic mass is 19.3. The Labute approximate surface area is 163 Å². The third kappa shape index (κ3) is 4.23. The maximum absolute atomic E-state index is 13.7. The molecule has 0 aliphatic rings. The predicted octanol–water partition coefficient (Wildman–Crippen LogP) is 4.69. The summed E-state index contributed by atoms with van der Waals surface area (Å²) in [5.74, 6) is -0.291. The average molecular weight is 389 g/mol. The van der Waals surface area contributed by atoms with E-state index in [1.54, 1.807) is 12.1 Å². The SMILES string of the molecule is CNC(C)CCc1c(C)c2cc(C(N)(F)F)ccc2n1Cc1cccc(F)c1. The molecule has 0 saturated carbocycles. The highest BCUT2D eigenvalue weighted by molar-refractivity contribution is 5.86. The van der Waals surface area contributed by atoms with Crippen molar-refractivity contribution in [1.29, 1.82) is 0 Å². The fourth-order valence-electron chi connectivity index (χ4n) is 3.60. The molecule has 2 aromatic carbocycles. The van der Waals surface area contributed by atoms with E-state index in [9.17, 15) is 13.2 Å². The van der Waals surface area contributed by atoms with Gasteiger partial charge in [0.05, 0.1) is 0 Å². The molecule has 0 bridgehead atoms. The van der Waals surface area contributed by atoms with Crippen LogP contribution in [-0.2, 0) is 19.0 Å². The van der Waals surface area contributed by atoms with Crippen molar-refractivity contribution in [1.82, 2.24) is 9.88 Å². The molecule has 3 rings (SSSR count). The van der Waals surface area contributed by atoms with E-state index in [0.717, 1.165) is 40.6 Å². The first-order valence-electron chi connectivity index (χ1n) is 9.41. The van der Waals surface area contributed by atoms with Crippen LogP contribution in [0.3, 0.4) is 0 Å². The normalized spacial score (nSPS) is 13.2. The number of hydrogen-bond acceptors (Lipinski definition) is 2. The zero-order valence-electron chi connectivity index (χ0n) is 16.4. The number of aromatic nitrogens is 1. The van der Waals surface area contributed by atoms with Crippen LogP contribution in [0.2, 0.25) is 0 Å². The van der Waals surface area contributed by atoms with Gasteiger partial charge in [-0.05, 0) is 75.2 Å². The fraction of sp³-hybridized carbons (Fsp3) is 0.364. The number of nitrogens with zero attached hydrogens (tertiary/aromatic N) is 1. The van der Waals surface area contributed by atoms with E-state index < -0.39 is 6.05 Å². The molecule has 3 N–H and O–H groups in total. The Morgan fingerprint density at radius 2 is 1.93 bits per heavy atom. The number of nitrogens with one attached hydrogen (secondary N) is 1. The molecule has 0 spiro atoms. The van der Waals surface area contributed by atoms with Gasteiger partial charge in [0.2, 0.25) is 0 Å². The van der Waals surface area contributed by atoms with Gasteiger partial charge in [-0.2, -0.15) is 8.78 Å². The minimum absolute atomic E-state index is 0.207. The molecule has 0 radical (unpaired) electrons. The molecule has 0 saturated heterocycles. The quantitative estimate of drug-likeness (QED) is 0.576. The molecule has 1 aromatic heterocycles. The van der Waals surface area contributed by atoms with Crippen molar-refractivity contribution >= 4 is 10.9 Å². The summed E-state index contributed by atoms with van der Waals surface area (Å²) in [4.78, 5) is 0. The minimum Gasteiger partial charge on any atom is -0.340 e. The van der Waals surface area contributed by atoms with Gasteiger partial charge < -0.3 is 9.88 Å². The average Bonchev–Trinajstić information content (AvgIpc) is 2.90. The highest BCUT2D eigenvalue weighted by Gasteiger charge is 2.26. The minimum atomic E-state index is -3.38. The number of halogens is 3. The van der Waals surface area contributed by atoms with Crippen molar-refractivity contribution < 1.29 is 13.2 Å². The molecule has 1 unspecified atom stereocenters. The summed E-state index contributed by atoms with van der Waals surface area (Å²) >= 11 is 0. The highest BCUT2D eigenvalue weighted by Crippen LogP contribution is 2.32. The molecule has 3 aromatic rings. The van der Waals surface area contributed by atoms with Gasteiger partial charge in [0, 0.05) is 34.7 Å². The third-order valence-electron chi connectivity index (χ3n) is 5.37. The molecule has 0 amide bonds. The van der Waals surface area contributed by atoms with Crippen molar-refractivity contribution in [3.63, 3.8) is 0 Å². The van der Waals surface area contributed by atoms with Crippen LogP contribution in [0.15, 0.2) is 42.5 Å². The van der Waals surface area contributed by atoms with E-state index in [2.05, 4.69) is 16.8 Å². The van der Waals surface area contributed by atoms with Gasteiger partial charge in [0.15, 0.2) is 0 Å². The molecule has 28 heavy (non-hydrogen) atoms. The second kappa shape index (κ2) is 7.97. The lowest BCUT2D eigenvalue weighted by Crippen LogP contribution is -2.24. The standard InChI is InChI=1S/C22H26F3N3/c1-14(27-3)7-9-20-15(2)19-12-17(22(24,25)26)8-10-21(19)28(20)13-16-5-4-6-18(23)11-16/h4-6,8,10-12,14,27H,7,9,13,26H2,1-3H3. The van der Waals surface area contributed by atoms with Crippen LogP contribution in [0.1, 0.15) is 35.7 Å². The van der Waals surface area contributed by atoms with Crippen molar-refractivity contribution in [2.45, 2.75) is 45.3 Å². The summed E-state index contributed by atoms with van der Waals surface area (Å²) < 4.78 is 43.0. The number of nitrogens with two attached hydrogens (primary N) is 1. The van der Waals surface area contributed by atoms with Crippen molar-refractivity contribution in [3.8, 4) is 0 Å². The predicted molar refractivity (Wildman–Crippen MR) is 107 cm³/mol. The Balaban J connectivity index is 2.11. The van der Waals surface area contributed by atoms with E-state index in [4.69, 9.17) is 5.73 Å². The summed E-state index contributed by atoms with van der Waals surface area (Å²) in [6, 6.07) is 7.92. The number of benzene rings is 2. The maximum Gasteiger partial charge on any atom is 0.326 e. The molecule has 150 valence electrons. The monoisotopic (exact) mass is 389 g/mol. The largest absolute Gasteiger partial charge is 0.340 e. The molecular weight excluding hydrogens is 363 g/mol. The van der Waals surface area contributed by atoms with E-state index >= 15 is 0 Å². The van der Waals surface area contributed by atoms with E-state index in [0.29, 0.717) is 12.6 Å². The second-order valence-corrected chi connectivity index (χ2v) is 7.37. The molecule has 0 aliphatic heterocycles. The first kappa shape index (κ1) is 20.4. The van der Waals surface area contributed by atoms with Gasteiger partial charge in [-0.15, -0.1) is 0 Å². The number of alkyl halides is 2. The second-order valence-electron chi connectivity index (χ2n) is 7.37. The number of fused-ring (bicyclic) bond motifs is 1. The lowest BCUT2D eigenvalue weighted by atomic mass is 10.0. The summed E-state index contributed by atoms with van der Waals surface area (Å²) in [7, 11) is 1.91. The molecule has 0 aliphatic carbocycles. The van der Waals surface area contributed by atoms with Crippen LogP contribution in [0.4, 0.5) is 13.2 Å². The Morgan fingerprint density at radius 1 is 1.18 bits per heavy atom. The van der Waals surface area contributed by atoms with Crippen LogP contribution in [0.25, 0.3) is 10.9 Å². The molecular formula is C22H26F3N3. The first-order chi connectivity index (χ1) is 13.2. The van der Waals surface area contributed by atoms with Crippen molar-refractivity contribution in [2.24, 2.45) is 5.73 Å². The number of aryl methyl sites for hydroxylation is 1. The molecule has 0 fully saturated rings. The summed E-state index contributed by atoms with van der Waals surface area (Å²) in [5, 5.41) is 3.98. The van der Waals surface area contributed by atoms with Gasteiger partial charge in [0.1, 0.15) is 5.82 Å². The van der Waals surface area contributed by atoms with Crippen LogP contribution < -0.4 is 11.1 Å². The summed E-state index contributed by atoms with van der Waals surface area (Å²) in [6.07, 6.45) is 1.68. The van der Waals surface area contributed by atoms with E-state index in [1.807, 2.05) is 20.0 Å². The van der Waals surface area contributed by atoms with E-state index in [1.165, 1.54) is 24.3 Å². The van der Waals surface area contributed by atoms with Gasteiger partial charge in [-0.3, -0.25) is 5.73 Å². The lowest BCUT2D eigenvalue weighted by molar-refractivity contribution is 0.00311. The first-order valence-corrected chi connectivity index (χ1v) is 9.41. The van der Waals surface area contributed by atoms with Crippen molar-refractivity contribution in [3.05, 3.63) is 70.7 Å². The van der Waals surface area contributed by atoms with Crippen LogP contribution >= 0.6 is 0 Å². The Bertz CT molecular complexity index is 973. The van der Waals surface area contributed by atoms with Gasteiger partial charge in [0.25, 0.3) is 0 Å². The van der Waals surface area contributed by atoms with Crippen molar-refractivity contribution in [2.75, 3.05) is 7.05 Å². The maximum atomic E-state index is 13.7. The summed E-state index contributed by atoms with van der Waals surface area (Å²) in [6.45, 7) is 4.52. The molecule has 1 heterocycles.